The van der Waals surface area contributed by atoms with Crippen LogP contribution in [-0.2, 0) is 11.3 Å². The number of carbonyl (C=O) groups excluding carboxylic acids is 1. The number of nitrogens with zero attached hydrogens (tertiary/aromatic N) is 1. The monoisotopic (exact) mass is 304 g/mol. The lowest BCUT2D eigenvalue weighted by Gasteiger charge is -2.14. The van der Waals surface area contributed by atoms with E-state index in [0.717, 1.165) is 0 Å². The number of amides is 1. The van der Waals surface area contributed by atoms with Crippen LogP contribution in [0.5, 0.6) is 0 Å². The van der Waals surface area contributed by atoms with Crippen molar-refractivity contribution in [3.8, 4) is 0 Å². The third kappa shape index (κ3) is 4.47. The summed E-state index contributed by atoms with van der Waals surface area (Å²) in [6, 6.07) is 0.660. The molecule has 0 bridgehead atoms. The van der Waals surface area contributed by atoms with Gasteiger partial charge in [0.1, 0.15) is 11.7 Å². The van der Waals surface area contributed by atoms with Crippen LogP contribution in [0, 0.1) is 0 Å². The molecule has 0 aliphatic heterocycles. The summed E-state index contributed by atoms with van der Waals surface area (Å²) in [4.78, 5) is 23.1. The molecule has 0 aromatic carbocycles. The molecule has 0 radical (unpaired) electrons. The molecule has 7 heteroatoms. The average Bonchev–Trinajstić information content (AvgIpc) is 2.75. The van der Waals surface area contributed by atoms with Crippen molar-refractivity contribution in [2.24, 2.45) is 0 Å². The van der Waals surface area contributed by atoms with E-state index >= 15 is 0 Å². The molecule has 1 atom stereocenters. The maximum atomic E-state index is 12.1. The Labute approximate surface area is 121 Å². The highest BCUT2D eigenvalue weighted by atomic mass is 35.5. The summed E-state index contributed by atoms with van der Waals surface area (Å²) >= 11 is 7.39. The van der Waals surface area contributed by atoms with Crippen molar-refractivity contribution in [1.29, 1.82) is 0 Å². The van der Waals surface area contributed by atoms with Gasteiger partial charge in [-0.05, 0) is 31.4 Å². The number of hydrogen-bond donors (Lipinski definition) is 2. The van der Waals surface area contributed by atoms with E-state index in [9.17, 15) is 9.59 Å². The topological polar surface area (TPSA) is 71.3 Å². The number of carboxylic acids is 1. The van der Waals surface area contributed by atoms with E-state index in [1.165, 1.54) is 6.07 Å². The van der Waals surface area contributed by atoms with Crippen LogP contribution in [-0.4, -0.2) is 39.6 Å². The smallest absolute Gasteiger partial charge is 0.326 e. The quantitative estimate of drug-likeness (QED) is 0.809. The van der Waals surface area contributed by atoms with Crippen molar-refractivity contribution in [2.45, 2.75) is 25.9 Å². The SMILES string of the molecule is CCn1cc(Cl)cc1C(=O)NC(CCSC)C(=O)O. The van der Waals surface area contributed by atoms with Crippen LogP contribution in [0.4, 0.5) is 0 Å². The van der Waals surface area contributed by atoms with Crippen LogP contribution in [0.2, 0.25) is 5.02 Å². The Kier molecular flexibility index (Phi) is 6.24. The molecule has 19 heavy (non-hydrogen) atoms. The molecule has 0 spiro atoms. The zero-order valence-electron chi connectivity index (χ0n) is 10.9. The number of carboxylic acid groups (broad SMARTS) is 1. The van der Waals surface area contributed by atoms with Crippen LogP contribution < -0.4 is 5.32 Å². The number of carbonyl (C=O) groups is 2. The number of thioether (sulfide) groups is 1. The van der Waals surface area contributed by atoms with Crippen molar-refractivity contribution in [2.75, 3.05) is 12.0 Å². The summed E-state index contributed by atoms with van der Waals surface area (Å²) in [5, 5.41) is 12.1. The summed E-state index contributed by atoms with van der Waals surface area (Å²) in [5.74, 6) is -0.766. The molecule has 0 fully saturated rings. The second-order valence-corrected chi connectivity index (χ2v) is 5.40. The molecule has 1 heterocycles. The van der Waals surface area contributed by atoms with Gasteiger partial charge in [0.2, 0.25) is 0 Å². The molecular formula is C12H17ClN2O3S. The first-order valence-electron chi connectivity index (χ1n) is 5.87. The number of hydrogen-bond acceptors (Lipinski definition) is 3. The van der Waals surface area contributed by atoms with E-state index < -0.39 is 17.9 Å². The number of aliphatic carboxylic acids is 1. The minimum atomic E-state index is -1.02. The highest BCUT2D eigenvalue weighted by Gasteiger charge is 2.22. The van der Waals surface area contributed by atoms with Gasteiger partial charge in [-0.15, -0.1) is 0 Å². The first-order valence-corrected chi connectivity index (χ1v) is 7.65. The standard InChI is InChI=1S/C12H17ClN2O3S/c1-3-15-7-8(13)6-10(15)11(16)14-9(12(17)18)4-5-19-2/h6-7,9H,3-5H2,1-2H3,(H,14,16)(H,17,18). The summed E-state index contributed by atoms with van der Waals surface area (Å²) in [7, 11) is 0. The average molecular weight is 305 g/mol. The van der Waals surface area contributed by atoms with Gasteiger partial charge in [0.05, 0.1) is 5.02 Å². The van der Waals surface area contributed by atoms with Crippen molar-refractivity contribution < 1.29 is 14.7 Å². The fraction of sp³-hybridized carbons (Fsp3) is 0.500. The molecule has 1 aromatic rings. The number of aromatic nitrogens is 1. The van der Waals surface area contributed by atoms with E-state index in [1.807, 2.05) is 13.2 Å². The van der Waals surface area contributed by atoms with Crippen molar-refractivity contribution in [3.63, 3.8) is 0 Å². The van der Waals surface area contributed by atoms with Gasteiger partial charge in [-0.2, -0.15) is 11.8 Å². The molecule has 0 aliphatic carbocycles. The van der Waals surface area contributed by atoms with Crippen molar-refractivity contribution >= 4 is 35.2 Å². The molecule has 0 saturated heterocycles. The zero-order chi connectivity index (χ0) is 14.4. The second kappa shape index (κ2) is 7.45. The minimum Gasteiger partial charge on any atom is -0.480 e. The summed E-state index contributed by atoms with van der Waals surface area (Å²) in [6.45, 7) is 2.48. The third-order valence-electron chi connectivity index (χ3n) is 2.65. The molecule has 5 nitrogen and oxygen atoms in total. The number of halogens is 1. The molecular weight excluding hydrogens is 288 g/mol. The van der Waals surface area contributed by atoms with E-state index in [0.29, 0.717) is 29.4 Å². The van der Waals surface area contributed by atoms with Gasteiger partial charge in [-0.1, -0.05) is 11.6 Å². The van der Waals surface area contributed by atoms with Gasteiger partial charge in [0.25, 0.3) is 5.91 Å². The number of aryl methyl sites for hydroxylation is 1. The lowest BCUT2D eigenvalue weighted by molar-refractivity contribution is -0.139. The van der Waals surface area contributed by atoms with Gasteiger partial charge >= 0.3 is 5.97 Å². The summed E-state index contributed by atoms with van der Waals surface area (Å²) in [6.07, 6.45) is 3.93. The third-order valence-corrected chi connectivity index (χ3v) is 3.50. The Morgan fingerprint density at radius 2 is 2.26 bits per heavy atom. The second-order valence-electron chi connectivity index (χ2n) is 3.98. The molecule has 106 valence electrons. The molecule has 2 N–H and O–H groups in total. The van der Waals surface area contributed by atoms with Gasteiger partial charge in [-0.3, -0.25) is 4.79 Å². The maximum absolute atomic E-state index is 12.1. The molecule has 1 rings (SSSR count). The normalized spacial score (nSPS) is 12.2. The predicted molar refractivity (Wildman–Crippen MR) is 77.0 cm³/mol. The summed E-state index contributed by atoms with van der Waals surface area (Å²) in [5.41, 5.74) is 0.378. The molecule has 0 saturated carbocycles. The lowest BCUT2D eigenvalue weighted by Crippen LogP contribution is -2.41. The highest BCUT2D eigenvalue weighted by Crippen LogP contribution is 2.14. The number of rotatable bonds is 7. The largest absolute Gasteiger partial charge is 0.480 e. The first-order chi connectivity index (χ1) is 8.99. The molecule has 1 aromatic heterocycles. The van der Waals surface area contributed by atoms with E-state index in [1.54, 1.807) is 22.5 Å². The lowest BCUT2D eigenvalue weighted by atomic mass is 10.2. The first kappa shape index (κ1) is 15.9. The Morgan fingerprint density at radius 1 is 1.58 bits per heavy atom. The summed E-state index contributed by atoms with van der Waals surface area (Å²) < 4.78 is 1.69. The fourth-order valence-corrected chi connectivity index (χ4v) is 2.34. The minimum absolute atomic E-state index is 0.378. The van der Waals surface area contributed by atoms with E-state index in [4.69, 9.17) is 16.7 Å². The van der Waals surface area contributed by atoms with Crippen LogP contribution >= 0.6 is 23.4 Å². The van der Waals surface area contributed by atoms with Crippen molar-refractivity contribution in [1.82, 2.24) is 9.88 Å². The Balaban J connectivity index is 2.78. The zero-order valence-corrected chi connectivity index (χ0v) is 12.4. The Morgan fingerprint density at radius 3 is 2.79 bits per heavy atom. The van der Waals surface area contributed by atoms with E-state index in [2.05, 4.69) is 5.32 Å². The van der Waals surface area contributed by atoms with E-state index in [-0.39, 0.29) is 0 Å². The van der Waals surface area contributed by atoms with Gasteiger partial charge < -0.3 is 15.0 Å². The van der Waals surface area contributed by atoms with Crippen LogP contribution in [0.3, 0.4) is 0 Å². The maximum Gasteiger partial charge on any atom is 0.326 e. The Bertz CT molecular complexity index is 462. The van der Waals surface area contributed by atoms with Gasteiger partial charge in [-0.25, -0.2) is 4.79 Å². The molecule has 1 amide bonds. The predicted octanol–water partition coefficient (Wildman–Crippen LogP) is 2.10. The van der Waals surface area contributed by atoms with Crippen LogP contribution in [0.1, 0.15) is 23.8 Å². The van der Waals surface area contributed by atoms with Crippen LogP contribution in [0.25, 0.3) is 0 Å². The molecule has 0 aliphatic rings. The number of nitrogens with one attached hydrogen (secondary N) is 1. The Hall–Kier alpha value is -1.14. The van der Waals surface area contributed by atoms with Crippen molar-refractivity contribution in [3.05, 3.63) is 23.0 Å². The van der Waals surface area contributed by atoms with Gasteiger partial charge in [0.15, 0.2) is 0 Å². The van der Waals surface area contributed by atoms with Gasteiger partial charge in [0, 0.05) is 12.7 Å². The van der Waals surface area contributed by atoms with Crippen LogP contribution in [0.15, 0.2) is 12.3 Å². The molecule has 1 unspecified atom stereocenters. The highest BCUT2D eigenvalue weighted by molar-refractivity contribution is 7.98. The fourth-order valence-electron chi connectivity index (χ4n) is 1.65.